The first-order valence-electron chi connectivity index (χ1n) is 7.83. The van der Waals surface area contributed by atoms with Gasteiger partial charge in [-0.1, -0.05) is 20.8 Å². The fourth-order valence-corrected chi connectivity index (χ4v) is 3.27. The van der Waals surface area contributed by atoms with Gasteiger partial charge in [-0.25, -0.2) is 4.39 Å². The number of anilines is 1. The first kappa shape index (κ1) is 15.3. The van der Waals surface area contributed by atoms with Crippen molar-refractivity contribution in [2.75, 3.05) is 18.0 Å². The van der Waals surface area contributed by atoms with Crippen LogP contribution in [0.25, 0.3) is 0 Å². The molecule has 1 aromatic rings. The van der Waals surface area contributed by atoms with Gasteiger partial charge in [0.25, 0.3) is 0 Å². The lowest BCUT2D eigenvalue weighted by atomic mass is 9.87. The molecular weight excluding hydrogens is 251 g/mol. The Balaban J connectivity index is 2.33. The van der Waals surface area contributed by atoms with Gasteiger partial charge < -0.3 is 10.2 Å². The lowest BCUT2D eigenvalue weighted by Gasteiger charge is -2.49. The Hall–Kier alpha value is -1.09. The number of benzene rings is 1. The number of rotatable bonds is 4. The van der Waals surface area contributed by atoms with Crippen LogP contribution < -0.4 is 10.2 Å². The maximum atomic E-state index is 13.3. The van der Waals surface area contributed by atoms with Crippen molar-refractivity contribution in [2.24, 2.45) is 0 Å². The third-order valence-electron chi connectivity index (χ3n) is 4.92. The molecule has 0 aliphatic carbocycles. The molecular formula is C17H27FN2. The van der Waals surface area contributed by atoms with E-state index in [0.29, 0.717) is 6.04 Å². The summed E-state index contributed by atoms with van der Waals surface area (Å²) >= 11 is 0. The summed E-state index contributed by atoms with van der Waals surface area (Å²) in [5, 5.41) is 3.75. The average molecular weight is 278 g/mol. The number of nitrogens with one attached hydrogen (secondary N) is 1. The number of nitrogens with zero attached hydrogens (tertiary/aromatic N) is 1. The summed E-state index contributed by atoms with van der Waals surface area (Å²) in [5.41, 5.74) is 2.41. The van der Waals surface area contributed by atoms with Gasteiger partial charge >= 0.3 is 0 Å². The fraction of sp³-hybridized carbons (Fsp3) is 0.647. The molecule has 1 atom stereocenters. The lowest BCUT2D eigenvalue weighted by Crippen LogP contribution is -2.64. The molecule has 1 fully saturated rings. The topological polar surface area (TPSA) is 15.3 Å². The Morgan fingerprint density at radius 2 is 2.00 bits per heavy atom. The Kier molecular flexibility index (Phi) is 4.69. The zero-order valence-corrected chi connectivity index (χ0v) is 13.2. The van der Waals surface area contributed by atoms with Crippen molar-refractivity contribution < 1.29 is 4.39 Å². The minimum absolute atomic E-state index is 0.147. The number of hydrogen-bond acceptors (Lipinski definition) is 2. The number of aryl methyl sites for hydroxylation is 1. The van der Waals surface area contributed by atoms with Crippen molar-refractivity contribution in [3.63, 3.8) is 0 Å². The van der Waals surface area contributed by atoms with Crippen LogP contribution in [0.15, 0.2) is 18.2 Å². The maximum absolute atomic E-state index is 13.3. The second-order valence-corrected chi connectivity index (χ2v) is 5.99. The van der Waals surface area contributed by atoms with E-state index < -0.39 is 0 Å². The van der Waals surface area contributed by atoms with Crippen LogP contribution in [0.3, 0.4) is 0 Å². The van der Waals surface area contributed by atoms with Crippen LogP contribution in [0.4, 0.5) is 10.1 Å². The third kappa shape index (κ3) is 2.83. The standard InChI is InChI=1S/C17H27FN2/c1-5-15-11-19-17(6-2,7-3)12-20(15)16-9-8-14(18)10-13(16)4/h8-10,15,19H,5-7,11-12H2,1-4H3. The zero-order valence-electron chi connectivity index (χ0n) is 13.2. The highest BCUT2D eigenvalue weighted by molar-refractivity contribution is 5.55. The van der Waals surface area contributed by atoms with E-state index in [1.165, 1.54) is 5.69 Å². The predicted octanol–water partition coefficient (Wildman–Crippen LogP) is 3.88. The molecule has 0 radical (unpaired) electrons. The molecule has 0 spiro atoms. The number of halogens is 1. The summed E-state index contributed by atoms with van der Waals surface area (Å²) in [5.74, 6) is -0.147. The molecule has 1 saturated heterocycles. The summed E-state index contributed by atoms with van der Waals surface area (Å²) < 4.78 is 13.3. The van der Waals surface area contributed by atoms with Crippen LogP contribution in [-0.4, -0.2) is 24.7 Å². The lowest BCUT2D eigenvalue weighted by molar-refractivity contribution is 0.246. The van der Waals surface area contributed by atoms with Gasteiger partial charge in [0.1, 0.15) is 5.82 Å². The summed E-state index contributed by atoms with van der Waals surface area (Å²) in [7, 11) is 0. The van der Waals surface area contributed by atoms with Gasteiger partial charge in [-0.2, -0.15) is 0 Å². The van der Waals surface area contributed by atoms with E-state index in [-0.39, 0.29) is 11.4 Å². The number of hydrogen-bond donors (Lipinski definition) is 1. The van der Waals surface area contributed by atoms with Crippen LogP contribution in [0.5, 0.6) is 0 Å². The molecule has 1 heterocycles. The summed E-state index contributed by atoms with van der Waals surface area (Å²) in [6.45, 7) is 10.7. The Bertz CT molecular complexity index is 454. The molecule has 20 heavy (non-hydrogen) atoms. The third-order valence-corrected chi connectivity index (χ3v) is 4.92. The van der Waals surface area contributed by atoms with Gasteiger partial charge in [-0.15, -0.1) is 0 Å². The highest BCUT2D eigenvalue weighted by Crippen LogP contribution is 2.31. The van der Waals surface area contributed by atoms with Gasteiger partial charge in [0, 0.05) is 30.4 Å². The first-order valence-corrected chi connectivity index (χ1v) is 7.83. The molecule has 0 aromatic heterocycles. The second kappa shape index (κ2) is 6.13. The minimum atomic E-state index is -0.147. The van der Waals surface area contributed by atoms with E-state index in [0.717, 1.165) is 37.9 Å². The molecule has 3 heteroatoms. The maximum Gasteiger partial charge on any atom is 0.123 e. The summed E-state index contributed by atoms with van der Waals surface area (Å²) in [6.07, 6.45) is 3.35. The minimum Gasteiger partial charge on any atom is -0.365 e. The van der Waals surface area contributed by atoms with Crippen molar-refractivity contribution in [2.45, 2.75) is 58.5 Å². The van der Waals surface area contributed by atoms with E-state index in [2.05, 4.69) is 31.0 Å². The molecule has 112 valence electrons. The van der Waals surface area contributed by atoms with E-state index in [9.17, 15) is 4.39 Å². The molecule has 2 rings (SSSR count). The normalized spacial score (nSPS) is 22.1. The van der Waals surface area contributed by atoms with Crippen molar-refractivity contribution in [3.05, 3.63) is 29.6 Å². The monoisotopic (exact) mass is 278 g/mol. The van der Waals surface area contributed by atoms with Crippen LogP contribution in [-0.2, 0) is 0 Å². The van der Waals surface area contributed by atoms with Gasteiger partial charge in [0.2, 0.25) is 0 Å². The van der Waals surface area contributed by atoms with Crippen molar-refractivity contribution in [1.82, 2.24) is 5.32 Å². The highest BCUT2D eigenvalue weighted by Gasteiger charge is 2.36. The molecule has 0 bridgehead atoms. The van der Waals surface area contributed by atoms with Crippen molar-refractivity contribution >= 4 is 5.69 Å². The van der Waals surface area contributed by atoms with Crippen LogP contribution in [0, 0.1) is 12.7 Å². The first-order chi connectivity index (χ1) is 9.55. The van der Waals surface area contributed by atoms with Crippen LogP contribution in [0.1, 0.15) is 45.6 Å². The SMILES string of the molecule is CCC1CNC(CC)(CC)CN1c1ccc(F)cc1C. The van der Waals surface area contributed by atoms with E-state index >= 15 is 0 Å². The van der Waals surface area contributed by atoms with Gasteiger partial charge in [0.05, 0.1) is 0 Å². The Labute approximate surface area is 122 Å². The predicted molar refractivity (Wildman–Crippen MR) is 83.9 cm³/mol. The smallest absolute Gasteiger partial charge is 0.123 e. The number of piperazine rings is 1. The molecule has 0 saturated carbocycles. The molecule has 1 N–H and O–H groups in total. The molecule has 2 nitrogen and oxygen atoms in total. The molecule has 1 aliphatic rings. The molecule has 1 aliphatic heterocycles. The summed E-state index contributed by atoms with van der Waals surface area (Å²) in [6, 6.07) is 5.65. The molecule has 0 amide bonds. The van der Waals surface area contributed by atoms with E-state index in [4.69, 9.17) is 0 Å². The summed E-state index contributed by atoms with van der Waals surface area (Å²) in [4.78, 5) is 2.48. The Morgan fingerprint density at radius 3 is 2.55 bits per heavy atom. The van der Waals surface area contributed by atoms with Crippen molar-refractivity contribution in [3.8, 4) is 0 Å². The zero-order chi connectivity index (χ0) is 14.8. The van der Waals surface area contributed by atoms with Gasteiger partial charge in [0.15, 0.2) is 0 Å². The highest BCUT2D eigenvalue weighted by atomic mass is 19.1. The van der Waals surface area contributed by atoms with Gasteiger partial charge in [-0.05, 0) is 49.9 Å². The van der Waals surface area contributed by atoms with E-state index in [1.54, 1.807) is 12.1 Å². The van der Waals surface area contributed by atoms with Crippen LogP contribution >= 0.6 is 0 Å². The largest absolute Gasteiger partial charge is 0.365 e. The second-order valence-electron chi connectivity index (χ2n) is 5.99. The molecule has 1 unspecified atom stereocenters. The molecule has 1 aromatic carbocycles. The average Bonchev–Trinajstić information content (AvgIpc) is 2.46. The van der Waals surface area contributed by atoms with Crippen molar-refractivity contribution in [1.29, 1.82) is 0 Å². The fourth-order valence-electron chi connectivity index (χ4n) is 3.27. The van der Waals surface area contributed by atoms with Crippen LogP contribution in [0.2, 0.25) is 0 Å². The Morgan fingerprint density at radius 1 is 1.30 bits per heavy atom. The van der Waals surface area contributed by atoms with Gasteiger partial charge in [-0.3, -0.25) is 0 Å². The quantitative estimate of drug-likeness (QED) is 0.899. The van der Waals surface area contributed by atoms with E-state index in [1.807, 2.05) is 13.0 Å².